The predicted octanol–water partition coefficient (Wildman–Crippen LogP) is 4.51. The van der Waals surface area contributed by atoms with E-state index >= 15 is 0 Å². The lowest BCUT2D eigenvalue weighted by Crippen LogP contribution is -2.39. The van der Waals surface area contributed by atoms with Gasteiger partial charge in [0.25, 0.3) is 0 Å². The second-order valence-corrected chi connectivity index (χ2v) is 17.5. The standard InChI is InChI=1S/C24H30O4Si2/c1-9-29(5,6)19-11-13-21(17(3)15-19)23(25)27-28-24(26)22-14-12-20(16-18(22)4)30(7,8)10-2/h9-16H,1-2H2,3-8H3. The third-order valence-corrected chi connectivity index (χ3v) is 11.2. The van der Waals surface area contributed by atoms with E-state index in [0.29, 0.717) is 11.1 Å². The normalized spacial score (nSPS) is 11.5. The van der Waals surface area contributed by atoms with Crippen LogP contribution < -0.4 is 10.4 Å². The minimum atomic E-state index is -1.73. The Balaban J connectivity index is 2.12. The molecule has 0 N–H and O–H groups in total. The maximum atomic E-state index is 12.4. The van der Waals surface area contributed by atoms with Crippen LogP contribution >= 0.6 is 0 Å². The van der Waals surface area contributed by atoms with Gasteiger partial charge in [0.05, 0.1) is 11.1 Å². The summed E-state index contributed by atoms with van der Waals surface area (Å²) in [6, 6.07) is 11.2. The zero-order valence-electron chi connectivity index (χ0n) is 18.7. The van der Waals surface area contributed by atoms with Crippen molar-refractivity contribution >= 4 is 38.5 Å². The molecule has 30 heavy (non-hydrogen) atoms. The van der Waals surface area contributed by atoms with Crippen LogP contribution in [0.25, 0.3) is 0 Å². The first-order chi connectivity index (χ1) is 13.9. The highest BCUT2D eigenvalue weighted by molar-refractivity contribution is 6.94. The van der Waals surface area contributed by atoms with Crippen LogP contribution in [0.2, 0.25) is 26.2 Å². The number of rotatable bonds is 6. The van der Waals surface area contributed by atoms with E-state index in [4.69, 9.17) is 9.78 Å². The van der Waals surface area contributed by atoms with Crippen molar-refractivity contribution in [2.24, 2.45) is 0 Å². The Hall–Kier alpha value is -2.71. The lowest BCUT2D eigenvalue weighted by Gasteiger charge is -2.19. The van der Waals surface area contributed by atoms with E-state index in [-0.39, 0.29) is 0 Å². The number of benzene rings is 2. The summed E-state index contributed by atoms with van der Waals surface area (Å²) in [4.78, 5) is 34.5. The molecule has 0 heterocycles. The summed E-state index contributed by atoms with van der Waals surface area (Å²) in [5.41, 5.74) is 6.26. The first-order valence-corrected chi connectivity index (χ1v) is 16.0. The van der Waals surface area contributed by atoms with Crippen LogP contribution in [0.3, 0.4) is 0 Å². The molecule has 0 aliphatic carbocycles. The summed E-state index contributed by atoms with van der Waals surface area (Å²) < 4.78 is 0. The van der Waals surface area contributed by atoms with Gasteiger partial charge in [-0.05, 0) is 37.1 Å². The molecule has 4 nitrogen and oxygen atoms in total. The van der Waals surface area contributed by atoms with Crippen LogP contribution in [-0.2, 0) is 9.78 Å². The molecule has 0 fully saturated rings. The Labute approximate surface area is 181 Å². The quantitative estimate of drug-likeness (QED) is 0.378. The van der Waals surface area contributed by atoms with Gasteiger partial charge < -0.3 is 0 Å². The van der Waals surface area contributed by atoms with Crippen molar-refractivity contribution < 1.29 is 19.4 Å². The Bertz CT molecular complexity index is 925. The summed E-state index contributed by atoms with van der Waals surface area (Å²) >= 11 is 0. The second kappa shape index (κ2) is 8.97. The van der Waals surface area contributed by atoms with Gasteiger partial charge in [0.15, 0.2) is 0 Å². The molecule has 158 valence electrons. The van der Waals surface area contributed by atoms with Gasteiger partial charge in [-0.1, -0.05) is 72.2 Å². The minimum Gasteiger partial charge on any atom is -0.241 e. The summed E-state index contributed by atoms with van der Waals surface area (Å²) in [5.74, 6) is -1.39. The average molecular weight is 439 g/mol. The van der Waals surface area contributed by atoms with E-state index < -0.39 is 28.1 Å². The molecule has 0 amide bonds. The van der Waals surface area contributed by atoms with E-state index in [2.05, 4.69) is 39.3 Å². The second-order valence-electron chi connectivity index (χ2n) is 8.65. The highest BCUT2D eigenvalue weighted by atomic mass is 28.3. The Morgan fingerprint density at radius 1 is 0.733 bits per heavy atom. The van der Waals surface area contributed by atoms with Crippen LogP contribution in [-0.4, -0.2) is 28.1 Å². The number of aryl methyl sites for hydroxylation is 2. The minimum absolute atomic E-state index is 0.367. The van der Waals surface area contributed by atoms with Gasteiger partial charge in [0, 0.05) is 0 Å². The maximum absolute atomic E-state index is 12.4. The van der Waals surface area contributed by atoms with E-state index in [0.717, 1.165) is 11.1 Å². The van der Waals surface area contributed by atoms with Crippen molar-refractivity contribution in [2.45, 2.75) is 40.0 Å². The topological polar surface area (TPSA) is 52.6 Å². The molecule has 0 saturated heterocycles. The first-order valence-electron chi connectivity index (χ1n) is 9.85. The van der Waals surface area contributed by atoms with E-state index in [1.54, 1.807) is 12.1 Å². The number of carbonyl (C=O) groups is 2. The molecule has 0 aromatic heterocycles. The largest absolute Gasteiger partial charge is 0.386 e. The Kier molecular flexibility index (Phi) is 7.05. The van der Waals surface area contributed by atoms with Crippen LogP contribution in [0.4, 0.5) is 0 Å². The summed E-state index contributed by atoms with van der Waals surface area (Å²) in [6.45, 7) is 20.2. The predicted molar refractivity (Wildman–Crippen MR) is 128 cm³/mol. The van der Waals surface area contributed by atoms with E-state index in [1.165, 1.54) is 10.4 Å². The molecule has 0 bridgehead atoms. The fraction of sp³-hybridized carbons (Fsp3) is 0.250. The maximum Gasteiger partial charge on any atom is 0.386 e. The van der Waals surface area contributed by atoms with Gasteiger partial charge in [-0.15, -0.1) is 13.2 Å². The zero-order valence-corrected chi connectivity index (χ0v) is 20.7. The van der Waals surface area contributed by atoms with Crippen LogP contribution in [0, 0.1) is 13.8 Å². The first kappa shape index (κ1) is 23.6. The third-order valence-electron chi connectivity index (χ3n) is 5.59. The Morgan fingerprint density at radius 3 is 1.33 bits per heavy atom. The molecule has 0 aliphatic rings. The lowest BCUT2D eigenvalue weighted by atomic mass is 10.1. The van der Waals surface area contributed by atoms with Gasteiger partial charge in [0.1, 0.15) is 16.1 Å². The molecule has 0 radical (unpaired) electrons. The third kappa shape index (κ3) is 5.06. The number of hydrogen-bond donors (Lipinski definition) is 0. The van der Waals surface area contributed by atoms with E-state index in [1.807, 2.05) is 49.5 Å². The molecule has 2 aromatic carbocycles. The molecule has 0 aliphatic heterocycles. The molecule has 6 heteroatoms. The molecular formula is C24H30O4Si2. The summed E-state index contributed by atoms with van der Waals surface area (Å²) in [5, 5.41) is 2.34. The summed E-state index contributed by atoms with van der Waals surface area (Å²) in [7, 11) is -3.45. The van der Waals surface area contributed by atoms with Crippen LogP contribution in [0.5, 0.6) is 0 Å². The van der Waals surface area contributed by atoms with Gasteiger partial charge >= 0.3 is 11.9 Å². The highest BCUT2D eigenvalue weighted by Crippen LogP contribution is 2.15. The van der Waals surface area contributed by atoms with Gasteiger partial charge in [-0.3, -0.25) is 0 Å². The van der Waals surface area contributed by atoms with Gasteiger partial charge in [0.2, 0.25) is 0 Å². The molecule has 0 saturated carbocycles. The van der Waals surface area contributed by atoms with Gasteiger partial charge in [-0.25, -0.2) is 19.4 Å². The monoisotopic (exact) mass is 438 g/mol. The van der Waals surface area contributed by atoms with Crippen molar-refractivity contribution in [3.63, 3.8) is 0 Å². The van der Waals surface area contributed by atoms with E-state index in [9.17, 15) is 9.59 Å². The van der Waals surface area contributed by atoms with Crippen molar-refractivity contribution in [2.75, 3.05) is 0 Å². The van der Waals surface area contributed by atoms with Gasteiger partial charge in [-0.2, -0.15) is 0 Å². The van der Waals surface area contributed by atoms with Crippen molar-refractivity contribution in [3.8, 4) is 0 Å². The van der Waals surface area contributed by atoms with Crippen molar-refractivity contribution in [1.29, 1.82) is 0 Å². The molecule has 0 unspecified atom stereocenters. The van der Waals surface area contributed by atoms with Crippen LogP contribution in [0.1, 0.15) is 31.8 Å². The zero-order chi connectivity index (χ0) is 22.7. The molecule has 0 atom stereocenters. The summed E-state index contributed by atoms with van der Waals surface area (Å²) in [6.07, 6.45) is 0. The fourth-order valence-corrected chi connectivity index (χ4v) is 5.66. The number of carbonyl (C=O) groups excluding carboxylic acids is 2. The molecular weight excluding hydrogens is 408 g/mol. The molecule has 2 rings (SSSR count). The van der Waals surface area contributed by atoms with Crippen LogP contribution in [0.15, 0.2) is 61.0 Å². The smallest absolute Gasteiger partial charge is 0.241 e. The molecule has 2 aromatic rings. The van der Waals surface area contributed by atoms with Crippen molar-refractivity contribution in [1.82, 2.24) is 0 Å². The average Bonchev–Trinajstić information content (AvgIpc) is 2.71. The fourth-order valence-electron chi connectivity index (χ4n) is 2.99. The number of hydrogen-bond acceptors (Lipinski definition) is 4. The lowest BCUT2D eigenvalue weighted by molar-refractivity contribution is -0.187. The highest BCUT2D eigenvalue weighted by Gasteiger charge is 2.24. The van der Waals surface area contributed by atoms with Crippen molar-refractivity contribution in [3.05, 3.63) is 83.2 Å². The SMILES string of the molecule is C=C[Si](C)(C)c1ccc(C(=O)OOC(=O)c2ccc([Si](C)(C)C=C)cc2C)c(C)c1. The molecule has 0 spiro atoms. The Morgan fingerprint density at radius 2 is 1.07 bits per heavy atom.